The molecule has 2 N–H and O–H groups in total. The van der Waals surface area contributed by atoms with E-state index in [9.17, 15) is 4.79 Å². The molecular weight excluding hydrogens is 368 g/mol. The van der Waals surface area contributed by atoms with Gasteiger partial charge >= 0.3 is 0 Å². The Bertz CT molecular complexity index is 1010. The Morgan fingerprint density at radius 3 is 2.90 bits per heavy atom. The summed E-state index contributed by atoms with van der Waals surface area (Å²) in [5.74, 6) is 1.27. The molecule has 0 bridgehead atoms. The number of H-pyrrole nitrogens is 1. The molecule has 1 unspecified atom stereocenters. The average molecular weight is 394 g/mol. The molecule has 6 heteroatoms. The van der Waals surface area contributed by atoms with Gasteiger partial charge in [0.2, 0.25) is 12.7 Å². The third kappa shape index (κ3) is 3.80. The molecule has 4 rings (SSSR count). The Balaban J connectivity index is 1.75. The molecule has 1 aliphatic rings. The van der Waals surface area contributed by atoms with Gasteiger partial charge in [-0.1, -0.05) is 37.3 Å². The molecule has 2 heterocycles. The van der Waals surface area contributed by atoms with Crippen molar-refractivity contribution in [1.29, 1.82) is 0 Å². The van der Waals surface area contributed by atoms with Gasteiger partial charge in [0.25, 0.3) is 0 Å². The first-order chi connectivity index (χ1) is 14.2. The lowest BCUT2D eigenvalue weighted by Crippen LogP contribution is -2.28. The van der Waals surface area contributed by atoms with E-state index in [1.165, 1.54) is 5.56 Å². The van der Waals surface area contributed by atoms with Crippen molar-refractivity contribution in [3.63, 3.8) is 0 Å². The molecule has 6 nitrogen and oxygen atoms in total. The van der Waals surface area contributed by atoms with Crippen molar-refractivity contribution in [2.75, 3.05) is 27.1 Å². The maximum absolute atomic E-state index is 12.7. The van der Waals surface area contributed by atoms with Crippen LogP contribution in [0.3, 0.4) is 0 Å². The summed E-state index contributed by atoms with van der Waals surface area (Å²) in [6.07, 6.45) is 3.27. The monoisotopic (exact) mass is 394 g/mol. The van der Waals surface area contributed by atoms with Crippen LogP contribution in [0, 0.1) is 0 Å². The van der Waals surface area contributed by atoms with Crippen LogP contribution < -0.4 is 14.8 Å². The van der Waals surface area contributed by atoms with E-state index >= 15 is 0 Å². The van der Waals surface area contributed by atoms with Crippen LogP contribution in [0.4, 0.5) is 0 Å². The van der Waals surface area contributed by atoms with Crippen molar-refractivity contribution in [3.8, 4) is 11.5 Å². The summed E-state index contributed by atoms with van der Waals surface area (Å²) in [5, 5.41) is 4.07. The van der Waals surface area contributed by atoms with Gasteiger partial charge < -0.3 is 24.5 Å². The van der Waals surface area contributed by atoms with Crippen LogP contribution in [0.5, 0.6) is 11.5 Å². The number of carbonyl (C=O) groups is 1. The van der Waals surface area contributed by atoms with Crippen molar-refractivity contribution in [2.45, 2.75) is 25.7 Å². The van der Waals surface area contributed by atoms with Crippen LogP contribution in [0.15, 0.2) is 42.6 Å². The second-order valence-corrected chi connectivity index (χ2v) is 7.12. The Kier molecular flexibility index (Phi) is 5.71. The summed E-state index contributed by atoms with van der Waals surface area (Å²) in [6.45, 7) is 3.32. The minimum absolute atomic E-state index is 0.0236. The highest BCUT2D eigenvalue weighted by atomic mass is 16.7. The molecule has 3 aromatic rings. The van der Waals surface area contributed by atoms with Gasteiger partial charge in [-0.2, -0.15) is 0 Å². The number of rotatable bonds is 8. The number of para-hydroxylation sites is 2. The third-order valence-electron chi connectivity index (χ3n) is 5.41. The summed E-state index contributed by atoms with van der Waals surface area (Å²) >= 11 is 0. The number of hydrogen-bond donors (Lipinski definition) is 2. The zero-order chi connectivity index (χ0) is 20.2. The molecule has 0 saturated carbocycles. The van der Waals surface area contributed by atoms with Crippen LogP contribution in [-0.4, -0.2) is 37.9 Å². The number of benzene rings is 2. The van der Waals surface area contributed by atoms with E-state index in [1.807, 2.05) is 24.4 Å². The fraction of sp³-hybridized carbons (Fsp3) is 0.348. The lowest BCUT2D eigenvalue weighted by molar-refractivity contribution is -0.121. The van der Waals surface area contributed by atoms with E-state index in [0.29, 0.717) is 19.6 Å². The number of ether oxygens (including phenoxy) is 3. The van der Waals surface area contributed by atoms with Crippen molar-refractivity contribution in [1.82, 2.24) is 10.3 Å². The Labute approximate surface area is 170 Å². The van der Waals surface area contributed by atoms with Gasteiger partial charge in [-0.25, -0.2) is 0 Å². The Morgan fingerprint density at radius 1 is 1.21 bits per heavy atom. The second kappa shape index (κ2) is 8.57. The minimum Gasteiger partial charge on any atom is -0.454 e. The topological polar surface area (TPSA) is 72.6 Å². The fourth-order valence-corrected chi connectivity index (χ4v) is 3.99. The highest BCUT2D eigenvalue weighted by Crippen LogP contribution is 2.44. The number of amides is 1. The zero-order valence-electron chi connectivity index (χ0n) is 16.8. The normalized spacial score (nSPS) is 13.6. The van der Waals surface area contributed by atoms with E-state index in [-0.39, 0.29) is 18.6 Å². The first kappa shape index (κ1) is 19.3. The molecule has 0 spiro atoms. The van der Waals surface area contributed by atoms with Gasteiger partial charge in [-0.3, -0.25) is 4.79 Å². The van der Waals surface area contributed by atoms with Gasteiger partial charge in [-0.05, 0) is 23.6 Å². The zero-order valence-corrected chi connectivity index (χ0v) is 16.8. The Hall–Kier alpha value is -2.99. The number of carbonyl (C=O) groups excluding carboxylic acids is 1. The van der Waals surface area contributed by atoms with Gasteiger partial charge in [0, 0.05) is 48.7 Å². The quantitative estimate of drug-likeness (QED) is 0.571. The van der Waals surface area contributed by atoms with Crippen molar-refractivity contribution in [3.05, 3.63) is 59.3 Å². The van der Waals surface area contributed by atoms with E-state index < -0.39 is 0 Å². The standard InChI is InChI=1S/C23H26N2O4/c1-3-15-6-4-7-16-19(13-25-22(15)16)18(12-21(26)24-10-11-27-2)17-8-5-9-20-23(17)29-14-28-20/h4-9,13,18,25H,3,10-12,14H2,1-2H3,(H,24,26). The smallest absolute Gasteiger partial charge is 0.231 e. The molecule has 0 radical (unpaired) electrons. The maximum Gasteiger partial charge on any atom is 0.231 e. The third-order valence-corrected chi connectivity index (χ3v) is 5.41. The lowest BCUT2D eigenvalue weighted by atomic mass is 9.86. The molecule has 152 valence electrons. The predicted octanol–water partition coefficient (Wildman–Crippen LogP) is 3.74. The molecule has 1 atom stereocenters. The van der Waals surface area contributed by atoms with Crippen LogP contribution >= 0.6 is 0 Å². The largest absolute Gasteiger partial charge is 0.454 e. The van der Waals surface area contributed by atoms with Crippen molar-refractivity contribution < 1.29 is 19.0 Å². The van der Waals surface area contributed by atoms with E-state index in [2.05, 4.69) is 35.4 Å². The second-order valence-electron chi connectivity index (χ2n) is 7.12. The van der Waals surface area contributed by atoms with E-state index in [1.54, 1.807) is 7.11 Å². The number of aromatic amines is 1. The van der Waals surface area contributed by atoms with Crippen LogP contribution in [0.2, 0.25) is 0 Å². The molecule has 1 amide bonds. The highest BCUT2D eigenvalue weighted by molar-refractivity contribution is 5.88. The predicted molar refractivity (Wildman–Crippen MR) is 112 cm³/mol. The average Bonchev–Trinajstić information content (AvgIpc) is 3.39. The molecule has 29 heavy (non-hydrogen) atoms. The first-order valence-electron chi connectivity index (χ1n) is 9.96. The molecule has 0 aliphatic carbocycles. The number of methoxy groups -OCH3 is 1. The first-order valence-corrected chi connectivity index (χ1v) is 9.96. The fourth-order valence-electron chi connectivity index (χ4n) is 3.99. The van der Waals surface area contributed by atoms with Crippen molar-refractivity contribution in [2.24, 2.45) is 0 Å². The molecule has 0 saturated heterocycles. The number of fused-ring (bicyclic) bond motifs is 2. The number of nitrogens with one attached hydrogen (secondary N) is 2. The van der Waals surface area contributed by atoms with Crippen LogP contribution in [0.1, 0.15) is 36.0 Å². The molecule has 0 fully saturated rings. The van der Waals surface area contributed by atoms with Gasteiger partial charge in [0.15, 0.2) is 11.5 Å². The lowest BCUT2D eigenvalue weighted by Gasteiger charge is -2.19. The molecule has 1 aromatic heterocycles. The summed E-state index contributed by atoms with van der Waals surface area (Å²) in [5.41, 5.74) is 4.43. The van der Waals surface area contributed by atoms with Crippen molar-refractivity contribution >= 4 is 16.8 Å². The number of hydrogen-bond acceptors (Lipinski definition) is 4. The van der Waals surface area contributed by atoms with E-state index in [4.69, 9.17) is 14.2 Å². The van der Waals surface area contributed by atoms with Crippen LogP contribution in [-0.2, 0) is 16.0 Å². The van der Waals surface area contributed by atoms with Gasteiger partial charge in [-0.15, -0.1) is 0 Å². The highest BCUT2D eigenvalue weighted by Gasteiger charge is 2.28. The van der Waals surface area contributed by atoms with E-state index in [0.717, 1.165) is 39.9 Å². The number of aromatic nitrogens is 1. The van der Waals surface area contributed by atoms with Gasteiger partial charge in [0.1, 0.15) is 0 Å². The summed E-state index contributed by atoms with van der Waals surface area (Å²) < 4.78 is 16.4. The van der Waals surface area contributed by atoms with Gasteiger partial charge in [0.05, 0.1) is 6.61 Å². The molecular formula is C23H26N2O4. The molecule has 1 aliphatic heterocycles. The summed E-state index contributed by atoms with van der Waals surface area (Å²) in [6, 6.07) is 12.2. The Morgan fingerprint density at radius 2 is 2.07 bits per heavy atom. The summed E-state index contributed by atoms with van der Waals surface area (Å²) in [7, 11) is 1.62. The number of aryl methyl sites for hydroxylation is 1. The SMILES string of the molecule is CCc1cccc2c(C(CC(=O)NCCOC)c3cccc4c3OCO4)c[nH]c12. The minimum atomic E-state index is -0.157. The van der Waals surface area contributed by atoms with Crippen LogP contribution in [0.25, 0.3) is 10.9 Å². The molecule has 2 aromatic carbocycles. The summed E-state index contributed by atoms with van der Waals surface area (Å²) in [4.78, 5) is 16.1. The maximum atomic E-state index is 12.7.